The van der Waals surface area contributed by atoms with E-state index in [1.165, 1.54) is 0 Å². The van der Waals surface area contributed by atoms with E-state index in [1.54, 1.807) is 6.20 Å². The standard InChI is InChI=1S/C7H7N3/c8-6-5-9-7-3-1-2-4-10(6)7/h1-5H,8H2. The molecule has 0 aliphatic heterocycles. The number of fused-ring (bicyclic) bond motifs is 1. The summed E-state index contributed by atoms with van der Waals surface area (Å²) in [4.78, 5) is 4.06. The van der Waals surface area contributed by atoms with E-state index < -0.39 is 0 Å². The highest BCUT2D eigenvalue weighted by atomic mass is 15.1. The van der Waals surface area contributed by atoms with Gasteiger partial charge >= 0.3 is 0 Å². The number of imidazole rings is 1. The van der Waals surface area contributed by atoms with Crippen LogP contribution in [0.15, 0.2) is 30.6 Å². The third kappa shape index (κ3) is 0.572. The van der Waals surface area contributed by atoms with Gasteiger partial charge in [0.05, 0.1) is 6.20 Å². The smallest absolute Gasteiger partial charge is 0.138 e. The van der Waals surface area contributed by atoms with Gasteiger partial charge in [-0.25, -0.2) is 4.98 Å². The summed E-state index contributed by atoms with van der Waals surface area (Å²) in [6.45, 7) is 0. The van der Waals surface area contributed by atoms with Gasteiger partial charge < -0.3 is 5.73 Å². The molecule has 50 valence electrons. The zero-order valence-corrected chi connectivity index (χ0v) is 5.36. The van der Waals surface area contributed by atoms with E-state index in [0.717, 1.165) is 5.65 Å². The molecule has 0 unspecified atom stereocenters. The molecule has 0 aromatic carbocycles. The normalized spacial score (nSPS) is 10.4. The van der Waals surface area contributed by atoms with Crippen LogP contribution in [0, 0.1) is 0 Å². The lowest BCUT2D eigenvalue weighted by atomic mass is 10.5. The molecular weight excluding hydrogens is 126 g/mol. The first-order chi connectivity index (χ1) is 4.88. The lowest BCUT2D eigenvalue weighted by Gasteiger charge is -1.91. The van der Waals surface area contributed by atoms with Crippen LogP contribution < -0.4 is 5.73 Å². The lowest BCUT2D eigenvalue weighted by molar-refractivity contribution is 1.20. The molecule has 3 heteroatoms. The molecule has 2 aromatic heterocycles. The summed E-state index contributed by atoms with van der Waals surface area (Å²) in [6.07, 6.45) is 3.53. The minimum Gasteiger partial charge on any atom is -0.383 e. The molecule has 0 aliphatic rings. The molecular formula is C7H7N3. The highest BCUT2D eigenvalue weighted by Crippen LogP contribution is 2.05. The van der Waals surface area contributed by atoms with E-state index in [4.69, 9.17) is 5.73 Å². The molecule has 0 atom stereocenters. The van der Waals surface area contributed by atoms with E-state index in [2.05, 4.69) is 4.98 Å². The van der Waals surface area contributed by atoms with E-state index in [1.807, 2.05) is 28.8 Å². The van der Waals surface area contributed by atoms with Crippen LogP contribution in [-0.4, -0.2) is 9.38 Å². The molecule has 3 nitrogen and oxygen atoms in total. The molecule has 0 aliphatic carbocycles. The number of anilines is 1. The number of nitrogen functional groups attached to an aromatic ring is 1. The monoisotopic (exact) mass is 133 g/mol. The molecule has 2 rings (SSSR count). The van der Waals surface area contributed by atoms with Gasteiger partial charge in [-0.3, -0.25) is 4.40 Å². The van der Waals surface area contributed by atoms with Crippen molar-refractivity contribution in [2.75, 3.05) is 5.73 Å². The van der Waals surface area contributed by atoms with Gasteiger partial charge in [0.15, 0.2) is 0 Å². The molecule has 0 spiro atoms. The van der Waals surface area contributed by atoms with Crippen molar-refractivity contribution in [1.29, 1.82) is 0 Å². The summed E-state index contributed by atoms with van der Waals surface area (Å²) in [5.41, 5.74) is 6.47. The largest absolute Gasteiger partial charge is 0.383 e. The van der Waals surface area contributed by atoms with Crippen molar-refractivity contribution < 1.29 is 0 Å². The highest BCUT2D eigenvalue weighted by Gasteiger charge is 1.93. The van der Waals surface area contributed by atoms with Crippen molar-refractivity contribution in [3.05, 3.63) is 30.6 Å². The van der Waals surface area contributed by atoms with Crippen LogP contribution in [0.25, 0.3) is 5.65 Å². The van der Waals surface area contributed by atoms with Crippen molar-refractivity contribution >= 4 is 11.5 Å². The Hall–Kier alpha value is -1.51. The van der Waals surface area contributed by atoms with Crippen LogP contribution in [0.3, 0.4) is 0 Å². The molecule has 0 amide bonds. The Morgan fingerprint density at radius 2 is 2.30 bits per heavy atom. The Morgan fingerprint density at radius 1 is 1.40 bits per heavy atom. The van der Waals surface area contributed by atoms with E-state index in [0.29, 0.717) is 5.82 Å². The number of rotatable bonds is 0. The molecule has 0 fully saturated rings. The maximum Gasteiger partial charge on any atom is 0.138 e. The molecule has 10 heavy (non-hydrogen) atoms. The van der Waals surface area contributed by atoms with Crippen molar-refractivity contribution in [1.82, 2.24) is 9.38 Å². The fourth-order valence-electron chi connectivity index (χ4n) is 0.952. The number of hydrogen-bond donors (Lipinski definition) is 1. The highest BCUT2D eigenvalue weighted by molar-refractivity contribution is 5.46. The topological polar surface area (TPSA) is 43.3 Å². The first kappa shape index (κ1) is 5.29. The molecule has 2 aromatic rings. The summed E-state index contributed by atoms with van der Waals surface area (Å²) in [6, 6.07) is 5.77. The summed E-state index contributed by atoms with van der Waals surface area (Å²) < 4.78 is 1.83. The van der Waals surface area contributed by atoms with Gasteiger partial charge in [0, 0.05) is 6.20 Å². The quantitative estimate of drug-likeness (QED) is 0.580. The van der Waals surface area contributed by atoms with Crippen molar-refractivity contribution in [3.8, 4) is 0 Å². The van der Waals surface area contributed by atoms with Crippen LogP contribution in [0.5, 0.6) is 0 Å². The lowest BCUT2D eigenvalue weighted by Crippen LogP contribution is -1.90. The zero-order valence-electron chi connectivity index (χ0n) is 5.36. The number of nitrogens with two attached hydrogens (primary N) is 1. The maximum absolute atomic E-state index is 5.58. The second-order valence-electron chi connectivity index (χ2n) is 2.11. The average Bonchev–Trinajstić information content (AvgIpc) is 2.34. The molecule has 2 heterocycles. The predicted molar refractivity (Wildman–Crippen MR) is 39.6 cm³/mol. The van der Waals surface area contributed by atoms with E-state index in [-0.39, 0.29) is 0 Å². The predicted octanol–water partition coefficient (Wildman–Crippen LogP) is 0.917. The second kappa shape index (κ2) is 1.73. The van der Waals surface area contributed by atoms with Crippen molar-refractivity contribution in [2.45, 2.75) is 0 Å². The number of nitrogens with zero attached hydrogens (tertiary/aromatic N) is 2. The van der Waals surface area contributed by atoms with Gasteiger partial charge in [-0.2, -0.15) is 0 Å². The second-order valence-corrected chi connectivity index (χ2v) is 2.11. The number of aromatic nitrogens is 2. The number of pyridine rings is 1. The van der Waals surface area contributed by atoms with E-state index in [9.17, 15) is 0 Å². The van der Waals surface area contributed by atoms with Crippen molar-refractivity contribution in [2.24, 2.45) is 0 Å². The van der Waals surface area contributed by atoms with Crippen molar-refractivity contribution in [3.63, 3.8) is 0 Å². The van der Waals surface area contributed by atoms with E-state index >= 15 is 0 Å². The van der Waals surface area contributed by atoms with Gasteiger partial charge in [-0.05, 0) is 12.1 Å². The van der Waals surface area contributed by atoms with Gasteiger partial charge in [-0.15, -0.1) is 0 Å². The Bertz CT molecular complexity index is 350. The summed E-state index contributed by atoms with van der Waals surface area (Å²) >= 11 is 0. The summed E-state index contributed by atoms with van der Waals surface area (Å²) in [7, 11) is 0. The fraction of sp³-hybridized carbons (Fsp3) is 0. The van der Waals surface area contributed by atoms with Gasteiger partial charge in [0.2, 0.25) is 0 Å². The summed E-state index contributed by atoms with van der Waals surface area (Å²) in [5.74, 6) is 0.676. The first-order valence-electron chi connectivity index (χ1n) is 3.05. The van der Waals surface area contributed by atoms with Gasteiger partial charge in [0.25, 0.3) is 0 Å². The molecule has 0 bridgehead atoms. The zero-order chi connectivity index (χ0) is 6.97. The Labute approximate surface area is 58.1 Å². The van der Waals surface area contributed by atoms with Crippen LogP contribution in [-0.2, 0) is 0 Å². The minimum absolute atomic E-state index is 0.676. The van der Waals surface area contributed by atoms with Crippen LogP contribution in [0.2, 0.25) is 0 Å². The van der Waals surface area contributed by atoms with Gasteiger partial charge in [0.1, 0.15) is 11.5 Å². The Morgan fingerprint density at radius 3 is 3.10 bits per heavy atom. The van der Waals surface area contributed by atoms with Crippen LogP contribution in [0.1, 0.15) is 0 Å². The molecule has 2 N–H and O–H groups in total. The average molecular weight is 133 g/mol. The van der Waals surface area contributed by atoms with Crippen LogP contribution >= 0.6 is 0 Å². The molecule has 0 radical (unpaired) electrons. The third-order valence-corrected chi connectivity index (χ3v) is 1.45. The number of hydrogen-bond acceptors (Lipinski definition) is 2. The van der Waals surface area contributed by atoms with Crippen LogP contribution in [0.4, 0.5) is 5.82 Å². The van der Waals surface area contributed by atoms with Gasteiger partial charge in [-0.1, -0.05) is 6.07 Å². The fourth-order valence-corrected chi connectivity index (χ4v) is 0.952. The Kier molecular flexibility index (Phi) is 0.917. The SMILES string of the molecule is Nc1cnc2ccccn12. The molecule has 0 saturated carbocycles. The first-order valence-corrected chi connectivity index (χ1v) is 3.05. The Balaban J connectivity index is 2.93. The maximum atomic E-state index is 5.58. The molecule has 0 saturated heterocycles. The minimum atomic E-state index is 0.676. The summed E-state index contributed by atoms with van der Waals surface area (Å²) in [5, 5.41) is 0. The third-order valence-electron chi connectivity index (χ3n) is 1.45.